The largest absolute Gasteiger partial charge is 0.478 e. The van der Waals surface area contributed by atoms with E-state index in [-0.39, 0.29) is 12.6 Å². The highest BCUT2D eigenvalue weighted by molar-refractivity contribution is 5.89. The zero-order valence-corrected chi connectivity index (χ0v) is 11.7. The number of hydrogen-bond acceptors (Lipinski definition) is 2. The molecule has 1 heterocycles. The number of carbonyl (C=O) groups excluding carboxylic acids is 1. The van der Waals surface area contributed by atoms with Gasteiger partial charge in [0.15, 0.2) is 0 Å². The number of nitrogens with one attached hydrogen (secondary N) is 1. The Balaban J connectivity index is 2.90. The van der Waals surface area contributed by atoms with Crippen molar-refractivity contribution in [1.82, 2.24) is 9.88 Å². The Morgan fingerprint density at radius 2 is 1.86 bits per heavy atom. The summed E-state index contributed by atoms with van der Waals surface area (Å²) >= 11 is 0. The highest BCUT2D eigenvalue weighted by atomic mass is 19.4. The number of halogens is 3. The monoisotopic (exact) mass is 306 g/mol. The number of carboxylic acid groups (broad SMARTS) is 1. The van der Waals surface area contributed by atoms with Gasteiger partial charge in [0.1, 0.15) is 6.54 Å². The lowest BCUT2D eigenvalue weighted by Gasteiger charge is -2.14. The van der Waals surface area contributed by atoms with Gasteiger partial charge in [-0.15, -0.1) is 0 Å². The normalized spacial score (nSPS) is 11.7. The van der Waals surface area contributed by atoms with Crippen LogP contribution in [-0.2, 0) is 17.5 Å². The van der Waals surface area contributed by atoms with Crippen LogP contribution >= 0.6 is 0 Å². The Morgan fingerprint density at radius 1 is 1.29 bits per heavy atom. The number of aromatic carboxylic acids is 1. The second-order valence-electron chi connectivity index (χ2n) is 4.64. The lowest BCUT2D eigenvalue weighted by atomic mass is 10.2. The van der Waals surface area contributed by atoms with E-state index in [4.69, 9.17) is 5.11 Å². The van der Waals surface area contributed by atoms with Crippen LogP contribution in [0.15, 0.2) is 12.4 Å². The summed E-state index contributed by atoms with van der Waals surface area (Å²) in [5, 5.41) is 11.5. The van der Waals surface area contributed by atoms with Gasteiger partial charge in [-0.05, 0) is 12.8 Å². The summed E-state index contributed by atoms with van der Waals surface area (Å²) in [5.74, 6) is -2.13. The van der Waals surface area contributed by atoms with E-state index in [1.807, 2.05) is 13.8 Å². The van der Waals surface area contributed by atoms with Crippen LogP contribution in [0.2, 0.25) is 0 Å². The maximum absolute atomic E-state index is 12.7. The van der Waals surface area contributed by atoms with Crippen LogP contribution in [0.3, 0.4) is 0 Å². The van der Waals surface area contributed by atoms with Crippen molar-refractivity contribution in [3.05, 3.63) is 23.5 Å². The average molecular weight is 306 g/mol. The molecule has 0 atom stereocenters. The summed E-state index contributed by atoms with van der Waals surface area (Å²) < 4.78 is 39.0. The first kappa shape index (κ1) is 17.1. The van der Waals surface area contributed by atoms with Gasteiger partial charge in [0.2, 0.25) is 5.91 Å². The molecule has 21 heavy (non-hydrogen) atoms. The maximum Gasteiger partial charge on any atom is 0.418 e. The van der Waals surface area contributed by atoms with E-state index in [2.05, 4.69) is 5.32 Å². The van der Waals surface area contributed by atoms with E-state index in [0.717, 1.165) is 10.8 Å². The van der Waals surface area contributed by atoms with Gasteiger partial charge < -0.3 is 15.0 Å². The highest BCUT2D eigenvalue weighted by Gasteiger charge is 2.37. The highest BCUT2D eigenvalue weighted by Crippen LogP contribution is 2.32. The molecular weight excluding hydrogens is 289 g/mol. The molecule has 1 aromatic rings. The van der Waals surface area contributed by atoms with E-state index in [1.165, 1.54) is 0 Å². The van der Waals surface area contributed by atoms with Crippen LogP contribution in [0.1, 0.15) is 42.6 Å². The molecule has 2 N–H and O–H groups in total. The molecule has 8 heteroatoms. The molecule has 0 aliphatic heterocycles. The molecular formula is C13H17F3N2O3. The molecule has 0 unspecified atom stereocenters. The van der Waals surface area contributed by atoms with Gasteiger partial charge in [-0.25, -0.2) is 4.79 Å². The smallest absolute Gasteiger partial charge is 0.418 e. The molecule has 0 aliphatic carbocycles. The first-order valence-corrected chi connectivity index (χ1v) is 6.48. The van der Waals surface area contributed by atoms with Crippen LogP contribution in [0.25, 0.3) is 0 Å². The van der Waals surface area contributed by atoms with Gasteiger partial charge in [-0.3, -0.25) is 4.79 Å². The first-order chi connectivity index (χ1) is 9.68. The number of amides is 1. The van der Waals surface area contributed by atoms with E-state index in [1.54, 1.807) is 0 Å². The number of carboxylic acids is 1. The minimum atomic E-state index is -4.77. The minimum Gasteiger partial charge on any atom is -0.478 e. The summed E-state index contributed by atoms with van der Waals surface area (Å²) in [6.45, 7) is 3.41. The molecule has 1 rings (SSSR count). The summed E-state index contributed by atoms with van der Waals surface area (Å²) in [5.41, 5.74) is -2.12. The number of nitrogens with zero attached hydrogens (tertiary/aromatic N) is 1. The molecule has 1 aromatic heterocycles. The number of aromatic nitrogens is 1. The van der Waals surface area contributed by atoms with Crippen LogP contribution < -0.4 is 5.32 Å². The van der Waals surface area contributed by atoms with Crippen molar-refractivity contribution in [2.45, 2.75) is 45.5 Å². The molecule has 0 saturated carbocycles. The molecule has 0 radical (unpaired) electrons. The second-order valence-corrected chi connectivity index (χ2v) is 4.64. The third kappa shape index (κ3) is 4.51. The van der Waals surface area contributed by atoms with Crippen LogP contribution in [0, 0.1) is 0 Å². The van der Waals surface area contributed by atoms with E-state index < -0.39 is 29.2 Å². The van der Waals surface area contributed by atoms with E-state index >= 15 is 0 Å². The van der Waals surface area contributed by atoms with Crippen LogP contribution in [0.4, 0.5) is 13.2 Å². The van der Waals surface area contributed by atoms with Gasteiger partial charge in [0, 0.05) is 18.4 Å². The Morgan fingerprint density at radius 3 is 2.24 bits per heavy atom. The Kier molecular flexibility index (Phi) is 5.40. The van der Waals surface area contributed by atoms with Crippen molar-refractivity contribution < 1.29 is 27.9 Å². The van der Waals surface area contributed by atoms with Crippen LogP contribution in [-0.4, -0.2) is 27.6 Å². The molecule has 1 amide bonds. The minimum absolute atomic E-state index is 0.0471. The summed E-state index contributed by atoms with van der Waals surface area (Å²) in [6, 6.07) is -0.0471. The molecule has 0 aliphatic rings. The predicted octanol–water partition coefficient (Wildman–Crippen LogP) is 2.51. The van der Waals surface area contributed by atoms with Crippen molar-refractivity contribution >= 4 is 11.9 Å². The summed E-state index contributed by atoms with van der Waals surface area (Å²) in [6.07, 6.45) is -1.90. The number of hydrogen-bond donors (Lipinski definition) is 2. The zero-order chi connectivity index (χ0) is 16.2. The molecule has 0 fully saturated rings. The van der Waals surface area contributed by atoms with Crippen LogP contribution in [0.5, 0.6) is 0 Å². The summed E-state index contributed by atoms with van der Waals surface area (Å²) in [7, 11) is 0. The number of alkyl halides is 3. The van der Waals surface area contributed by atoms with Crippen molar-refractivity contribution in [3.8, 4) is 0 Å². The fraction of sp³-hybridized carbons (Fsp3) is 0.538. The van der Waals surface area contributed by atoms with Crippen molar-refractivity contribution in [3.63, 3.8) is 0 Å². The third-order valence-corrected chi connectivity index (χ3v) is 3.09. The SMILES string of the molecule is CCC(CC)NC(=O)Cn1cc(C(=O)O)c(C(F)(F)F)c1. The average Bonchev–Trinajstić information content (AvgIpc) is 2.79. The lowest BCUT2D eigenvalue weighted by Crippen LogP contribution is -2.36. The lowest BCUT2D eigenvalue weighted by molar-refractivity contribution is -0.138. The van der Waals surface area contributed by atoms with Gasteiger partial charge in [0.05, 0.1) is 11.1 Å². The zero-order valence-electron chi connectivity index (χ0n) is 11.7. The van der Waals surface area contributed by atoms with Gasteiger partial charge in [-0.1, -0.05) is 13.8 Å². The fourth-order valence-electron chi connectivity index (χ4n) is 1.93. The number of carbonyl (C=O) groups is 2. The van der Waals surface area contributed by atoms with Gasteiger partial charge >= 0.3 is 12.1 Å². The summed E-state index contributed by atoms with van der Waals surface area (Å²) in [4.78, 5) is 22.5. The third-order valence-electron chi connectivity index (χ3n) is 3.09. The molecule has 0 saturated heterocycles. The fourth-order valence-corrected chi connectivity index (χ4v) is 1.93. The quantitative estimate of drug-likeness (QED) is 0.848. The van der Waals surface area contributed by atoms with Gasteiger partial charge in [-0.2, -0.15) is 13.2 Å². The first-order valence-electron chi connectivity index (χ1n) is 6.48. The molecule has 0 aromatic carbocycles. The number of rotatable bonds is 6. The molecule has 0 spiro atoms. The van der Waals surface area contributed by atoms with Gasteiger partial charge in [0.25, 0.3) is 0 Å². The van der Waals surface area contributed by atoms with Crippen molar-refractivity contribution in [2.75, 3.05) is 0 Å². The van der Waals surface area contributed by atoms with E-state index in [0.29, 0.717) is 19.0 Å². The Labute approximate surface area is 119 Å². The maximum atomic E-state index is 12.7. The molecule has 118 valence electrons. The Hall–Kier alpha value is -1.99. The molecule has 0 bridgehead atoms. The second kappa shape index (κ2) is 6.64. The predicted molar refractivity (Wildman–Crippen MR) is 68.9 cm³/mol. The molecule has 5 nitrogen and oxygen atoms in total. The topological polar surface area (TPSA) is 71.3 Å². The Bertz CT molecular complexity index is 519. The van der Waals surface area contributed by atoms with Crippen molar-refractivity contribution in [2.24, 2.45) is 0 Å². The standard InChI is InChI=1S/C13H17F3N2O3/c1-3-8(4-2)17-11(19)7-18-5-9(12(20)21)10(6-18)13(14,15)16/h5-6,8H,3-4,7H2,1-2H3,(H,17,19)(H,20,21). The van der Waals surface area contributed by atoms with Crippen molar-refractivity contribution in [1.29, 1.82) is 0 Å². The van der Waals surface area contributed by atoms with E-state index in [9.17, 15) is 22.8 Å².